The molecule has 0 radical (unpaired) electrons. The minimum Gasteiger partial charge on any atom is -0.496 e. The van der Waals surface area contributed by atoms with Gasteiger partial charge in [0, 0.05) is 16.4 Å². The van der Waals surface area contributed by atoms with E-state index in [1.165, 1.54) is 16.7 Å². The number of carbonyl (C=O) groups excluding carboxylic acids is 2. The van der Waals surface area contributed by atoms with Crippen molar-refractivity contribution >= 4 is 40.6 Å². The summed E-state index contributed by atoms with van der Waals surface area (Å²) in [5, 5.41) is 0.0560. The number of carbonyl (C=O) groups is 2. The second kappa shape index (κ2) is 7.14. The summed E-state index contributed by atoms with van der Waals surface area (Å²) in [5.41, 5.74) is 2.43. The number of aromatic amines is 1. The first-order valence-electron chi connectivity index (χ1n) is 9.46. The molecule has 2 aliphatic heterocycles. The fourth-order valence-corrected chi connectivity index (χ4v) is 6.73. The molecule has 0 saturated carbocycles. The third-order valence-electron chi connectivity index (χ3n) is 5.59. The highest BCUT2D eigenvalue weighted by atomic mass is 32.2. The van der Waals surface area contributed by atoms with Crippen molar-refractivity contribution in [1.82, 2.24) is 4.98 Å². The van der Waals surface area contributed by atoms with Gasteiger partial charge in [0.2, 0.25) is 11.8 Å². The lowest BCUT2D eigenvalue weighted by Gasteiger charge is -2.30. The predicted molar refractivity (Wildman–Crippen MR) is 117 cm³/mol. The van der Waals surface area contributed by atoms with Crippen LogP contribution < -0.4 is 14.5 Å². The maximum atomic E-state index is 13.6. The van der Waals surface area contributed by atoms with Crippen molar-refractivity contribution in [3.8, 4) is 5.75 Å². The molecule has 1 saturated heterocycles. The van der Waals surface area contributed by atoms with E-state index in [2.05, 4.69) is 4.98 Å². The van der Waals surface area contributed by atoms with Gasteiger partial charge in [-0.3, -0.25) is 14.4 Å². The van der Waals surface area contributed by atoms with Crippen molar-refractivity contribution in [3.63, 3.8) is 0 Å². The Labute approximate surface area is 180 Å². The van der Waals surface area contributed by atoms with Crippen molar-refractivity contribution in [2.75, 3.05) is 12.0 Å². The van der Waals surface area contributed by atoms with Crippen LogP contribution in [0.15, 0.2) is 58.4 Å². The Morgan fingerprint density at radius 3 is 2.47 bits per heavy atom. The summed E-state index contributed by atoms with van der Waals surface area (Å²) in [6, 6.07) is 14.8. The quantitative estimate of drug-likeness (QED) is 0.633. The van der Waals surface area contributed by atoms with Crippen LogP contribution in [-0.4, -0.2) is 29.2 Å². The molecule has 1 aromatic heterocycles. The molecule has 0 bridgehead atoms. The molecule has 6 nitrogen and oxygen atoms in total. The summed E-state index contributed by atoms with van der Waals surface area (Å²) < 4.78 is 5.56. The Hall–Kier alpha value is -2.84. The number of nitrogens with one attached hydrogen (secondary N) is 1. The van der Waals surface area contributed by atoms with Gasteiger partial charge < -0.3 is 9.72 Å². The van der Waals surface area contributed by atoms with E-state index in [4.69, 9.17) is 4.74 Å². The van der Waals surface area contributed by atoms with E-state index in [0.29, 0.717) is 16.5 Å². The van der Waals surface area contributed by atoms with Gasteiger partial charge in [0.25, 0.3) is 0 Å². The molecule has 1 N–H and O–H groups in total. The number of hydrogen-bond donors (Lipinski definition) is 1. The van der Waals surface area contributed by atoms with Crippen molar-refractivity contribution in [2.45, 2.75) is 23.1 Å². The molecule has 2 amide bonds. The van der Waals surface area contributed by atoms with Gasteiger partial charge in [-0.25, -0.2) is 4.90 Å². The molecule has 8 heteroatoms. The van der Waals surface area contributed by atoms with Crippen molar-refractivity contribution in [2.24, 2.45) is 5.92 Å². The number of methoxy groups -OCH3 is 1. The smallest absolute Gasteiger partial charge is 0.305 e. The van der Waals surface area contributed by atoms with E-state index in [9.17, 15) is 14.4 Å². The van der Waals surface area contributed by atoms with Crippen LogP contribution in [0.2, 0.25) is 0 Å². The zero-order valence-corrected chi connectivity index (χ0v) is 17.9. The average Bonchev–Trinajstić information content (AvgIpc) is 3.24. The number of hydrogen-bond acceptors (Lipinski definition) is 6. The van der Waals surface area contributed by atoms with Crippen molar-refractivity contribution in [3.05, 3.63) is 74.2 Å². The largest absolute Gasteiger partial charge is 0.496 e. The first-order chi connectivity index (χ1) is 14.5. The highest BCUT2D eigenvalue weighted by molar-refractivity contribution is 8.00. The number of benzene rings is 2. The topological polar surface area (TPSA) is 79.5 Å². The van der Waals surface area contributed by atoms with Gasteiger partial charge in [-0.15, -0.1) is 0 Å². The number of aryl methyl sites for hydroxylation is 1. The van der Waals surface area contributed by atoms with E-state index in [0.717, 1.165) is 27.3 Å². The van der Waals surface area contributed by atoms with Crippen LogP contribution >= 0.6 is 23.1 Å². The maximum absolute atomic E-state index is 13.6. The Kier molecular flexibility index (Phi) is 4.56. The second-order valence-corrected chi connectivity index (χ2v) is 9.51. The number of fused-ring (bicyclic) bond motifs is 2. The van der Waals surface area contributed by atoms with Gasteiger partial charge in [-0.2, -0.15) is 0 Å². The zero-order chi connectivity index (χ0) is 21.0. The fraction of sp³-hybridized carbons (Fsp3) is 0.227. The van der Waals surface area contributed by atoms with E-state index in [1.807, 2.05) is 43.3 Å². The molecule has 5 rings (SSSR count). The highest BCUT2D eigenvalue weighted by Crippen LogP contribution is 2.54. The van der Waals surface area contributed by atoms with Crippen LogP contribution in [0.3, 0.4) is 0 Å². The lowest BCUT2D eigenvalue weighted by Crippen LogP contribution is -2.32. The second-order valence-electron chi connectivity index (χ2n) is 7.34. The molecule has 3 atom stereocenters. The molecular formula is C22H18N2O4S2. The SMILES string of the molecule is COc1ccccc1[C@@H]1c2sc(=O)[nH]c2S[C@H]2C(=O)N(c3ccc(C)cc3)C(=O)[C@@H]12. The molecule has 0 spiro atoms. The summed E-state index contributed by atoms with van der Waals surface area (Å²) in [6.45, 7) is 1.96. The maximum Gasteiger partial charge on any atom is 0.305 e. The lowest BCUT2D eigenvalue weighted by atomic mass is 9.82. The lowest BCUT2D eigenvalue weighted by molar-refractivity contribution is -0.122. The normalized spacial score (nSPS) is 22.7. The van der Waals surface area contributed by atoms with Crippen LogP contribution in [0.25, 0.3) is 0 Å². The molecular weight excluding hydrogens is 420 g/mol. The van der Waals surface area contributed by atoms with E-state index >= 15 is 0 Å². The molecule has 3 aromatic rings. The number of nitrogens with zero attached hydrogens (tertiary/aromatic N) is 1. The van der Waals surface area contributed by atoms with Gasteiger partial charge in [0.1, 0.15) is 11.0 Å². The summed E-state index contributed by atoms with van der Waals surface area (Å²) >= 11 is 2.37. The Balaban J connectivity index is 1.67. The molecule has 0 aliphatic carbocycles. The van der Waals surface area contributed by atoms with Gasteiger partial charge in [0.15, 0.2) is 0 Å². The summed E-state index contributed by atoms with van der Waals surface area (Å²) in [5.74, 6) is -0.911. The predicted octanol–water partition coefficient (Wildman–Crippen LogP) is 3.55. The first kappa shape index (κ1) is 19.1. The molecule has 1 fully saturated rings. The number of aromatic nitrogens is 1. The monoisotopic (exact) mass is 438 g/mol. The van der Waals surface area contributed by atoms with Crippen LogP contribution in [0.1, 0.15) is 21.9 Å². The Morgan fingerprint density at radius 1 is 1.00 bits per heavy atom. The number of rotatable bonds is 3. The molecule has 0 unspecified atom stereocenters. The van der Waals surface area contributed by atoms with Crippen LogP contribution in [0, 0.1) is 12.8 Å². The highest BCUT2D eigenvalue weighted by Gasteiger charge is 2.56. The number of ether oxygens (including phenoxy) is 1. The van der Waals surface area contributed by atoms with E-state index < -0.39 is 17.1 Å². The van der Waals surface area contributed by atoms with E-state index in [-0.39, 0.29) is 16.7 Å². The molecule has 152 valence electrons. The van der Waals surface area contributed by atoms with Crippen LogP contribution in [0.4, 0.5) is 5.69 Å². The minimum absolute atomic E-state index is 0.192. The zero-order valence-electron chi connectivity index (χ0n) is 16.2. The third-order valence-corrected chi connectivity index (χ3v) is 7.99. The van der Waals surface area contributed by atoms with Gasteiger partial charge in [-0.05, 0) is 25.1 Å². The van der Waals surface area contributed by atoms with Crippen molar-refractivity contribution < 1.29 is 14.3 Å². The third kappa shape index (κ3) is 2.82. The molecule has 2 aromatic carbocycles. The van der Waals surface area contributed by atoms with Crippen LogP contribution in [-0.2, 0) is 9.59 Å². The van der Waals surface area contributed by atoms with Crippen molar-refractivity contribution in [1.29, 1.82) is 0 Å². The minimum atomic E-state index is -0.612. The summed E-state index contributed by atoms with van der Waals surface area (Å²) in [7, 11) is 1.58. The van der Waals surface area contributed by atoms with Gasteiger partial charge in [0.05, 0.1) is 23.7 Å². The number of anilines is 1. The average molecular weight is 439 g/mol. The summed E-state index contributed by atoms with van der Waals surface area (Å²) in [6.07, 6.45) is 0. The number of para-hydroxylation sites is 1. The van der Waals surface area contributed by atoms with Crippen LogP contribution in [0.5, 0.6) is 5.75 Å². The molecule has 2 aliphatic rings. The summed E-state index contributed by atoms with van der Waals surface area (Å²) in [4.78, 5) is 43.8. The standard InChI is InChI=1S/C22H18N2O4S2/c1-11-7-9-12(10-8-11)24-20(25)16-15(13-5-3-4-6-14(13)28-2)17-19(23-22(27)30-17)29-18(16)21(24)26/h3-10,15-16,18H,1-2H3,(H,23,27)/t15-,16-,18+/m0/s1. The van der Waals surface area contributed by atoms with Gasteiger partial charge >= 0.3 is 4.87 Å². The Bertz CT molecular complexity index is 1210. The molecule has 30 heavy (non-hydrogen) atoms. The Morgan fingerprint density at radius 2 is 1.73 bits per heavy atom. The molecule has 3 heterocycles. The van der Waals surface area contributed by atoms with E-state index in [1.54, 1.807) is 19.2 Å². The number of thioether (sulfide) groups is 1. The number of amides is 2. The first-order valence-corrected chi connectivity index (χ1v) is 11.2. The number of imide groups is 1. The fourth-order valence-electron chi connectivity index (χ4n) is 4.22. The van der Waals surface area contributed by atoms with Gasteiger partial charge in [-0.1, -0.05) is 59.0 Å². The number of H-pyrrole nitrogens is 1. The number of thiazole rings is 1.